The highest BCUT2D eigenvalue weighted by Crippen LogP contribution is 2.15. The minimum Gasteiger partial charge on any atom is -0.302 e. The molecule has 0 spiro atoms. The lowest BCUT2D eigenvalue weighted by Gasteiger charge is -2.08. The molecule has 0 aliphatic rings. The summed E-state index contributed by atoms with van der Waals surface area (Å²) in [4.78, 5) is 4.18. The van der Waals surface area contributed by atoms with Gasteiger partial charge in [-0.15, -0.1) is 11.6 Å². The average Bonchev–Trinajstić information content (AvgIpc) is 2.66. The maximum Gasteiger partial charge on any atom is 0.128 e. The molecule has 0 saturated heterocycles. The van der Waals surface area contributed by atoms with Crippen LogP contribution in [0.2, 0.25) is 0 Å². The van der Waals surface area contributed by atoms with Crippen LogP contribution in [0.1, 0.15) is 11.4 Å². The number of hydrogen-bond acceptors (Lipinski definition) is 1. The van der Waals surface area contributed by atoms with E-state index in [0.717, 1.165) is 11.5 Å². The second kappa shape index (κ2) is 3.84. The maximum absolute atomic E-state index is 5.79. The fourth-order valence-corrected chi connectivity index (χ4v) is 1.68. The lowest BCUT2D eigenvalue weighted by atomic mass is 10.2. The molecule has 2 aromatic rings. The van der Waals surface area contributed by atoms with E-state index in [2.05, 4.69) is 24.0 Å². The number of imidazole rings is 1. The number of alkyl halides is 1. The molecule has 0 bridgehead atoms. The van der Waals surface area contributed by atoms with E-state index in [4.69, 9.17) is 11.6 Å². The molecule has 1 aromatic carbocycles. The van der Waals surface area contributed by atoms with Gasteiger partial charge in [0.25, 0.3) is 0 Å². The molecule has 0 saturated carbocycles. The number of rotatable bonds is 2. The molecule has 0 amide bonds. The molecule has 0 unspecified atom stereocenters. The van der Waals surface area contributed by atoms with Crippen LogP contribution in [-0.2, 0) is 5.88 Å². The molecule has 2 rings (SSSR count). The highest BCUT2D eigenvalue weighted by atomic mass is 35.5. The molecule has 3 heteroatoms. The van der Waals surface area contributed by atoms with Crippen LogP contribution in [0.3, 0.4) is 0 Å². The number of nitrogens with zero attached hydrogens (tertiary/aromatic N) is 2. The molecule has 0 aliphatic carbocycles. The van der Waals surface area contributed by atoms with Gasteiger partial charge in [-0.1, -0.05) is 18.2 Å². The first-order valence-electron chi connectivity index (χ1n) is 4.47. The van der Waals surface area contributed by atoms with Crippen LogP contribution in [-0.4, -0.2) is 9.55 Å². The fraction of sp³-hybridized carbons (Fsp3) is 0.182. The summed E-state index contributed by atoms with van der Waals surface area (Å²) in [5, 5.41) is 0. The topological polar surface area (TPSA) is 17.8 Å². The monoisotopic (exact) mass is 206 g/mol. The Morgan fingerprint density at radius 3 is 2.86 bits per heavy atom. The highest BCUT2D eigenvalue weighted by molar-refractivity contribution is 6.16. The number of halogens is 1. The van der Waals surface area contributed by atoms with E-state index in [1.165, 1.54) is 5.56 Å². The normalized spacial score (nSPS) is 10.4. The summed E-state index contributed by atoms with van der Waals surface area (Å²) in [5.41, 5.74) is 2.36. The second-order valence-corrected chi connectivity index (χ2v) is 3.40. The van der Waals surface area contributed by atoms with Gasteiger partial charge in [0.15, 0.2) is 0 Å². The zero-order chi connectivity index (χ0) is 9.97. The molecule has 14 heavy (non-hydrogen) atoms. The lowest BCUT2D eigenvalue weighted by Crippen LogP contribution is -1.99. The Bertz CT molecular complexity index is 434. The quantitative estimate of drug-likeness (QED) is 0.691. The van der Waals surface area contributed by atoms with Crippen molar-refractivity contribution in [2.75, 3.05) is 0 Å². The number of aromatic nitrogens is 2. The average molecular weight is 207 g/mol. The van der Waals surface area contributed by atoms with Crippen molar-refractivity contribution in [1.29, 1.82) is 0 Å². The first kappa shape index (κ1) is 9.28. The predicted molar refractivity (Wildman–Crippen MR) is 57.9 cm³/mol. The van der Waals surface area contributed by atoms with Crippen molar-refractivity contribution in [2.45, 2.75) is 12.8 Å². The minimum absolute atomic E-state index is 0.432. The van der Waals surface area contributed by atoms with Crippen molar-refractivity contribution in [3.63, 3.8) is 0 Å². The van der Waals surface area contributed by atoms with E-state index >= 15 is 0 Å². The van der Waals surface area contributed by atoms with Crippen LogP contribution in [0.4, 0.5) is 0 Å². The first-order valence-corrected chi connectivity index (χ1v) is 5.00. The third-order valence-corrected chi connectivity index (χ3v) is 2.45. The van der Waals surface area contributed by atoms with Crippen LogP contribution < -0.4 is 0 Å². The van der Waals surface area contributed by atoms with E-state index in [9.17, 15) is 0 Å². The van der Waals surface area contributed by atoms with E-state index in [1.807, 2.05) is 22.9 Å². The third kappa shape index (κ3) is 1.53. The van der Waals surface area contributed by atoms with Crippen molar-refractivity contribution in [1.82, 2.24) is 9.55 Å². The highest BCUT2D eigenvalue weighted by Gasteiger charge is 2.04. The van der Waals surface area contributed by atoms with Crippen LogP contribution in [0.15, 0.2) is 36.7 Å². The SMILES string of the molecule is Cc1ccccc1-n1ccnc1CCl. The van der Waals surface area contributed by atoms with Gasteiger partial charge in [0.05, 0.1) is 5.88 Å². The van der Waals surface area contributed by atoms with E-state index in [-0.39, 0.29) is 0 Å². The van der Waals surface area contributed by atoms with E-state index < -0.39 is 0 Å². The van der Waals surface area contributed by atoms with Gasteiger partial charge >= 0.3 is 0 Å². The standard InChI is InChI=1S/C11H11ClN2/c1-9-4-2-3-5-10(9)14-7-6-13-11(14)8-12/h2-7H,8H2,1H3. The molecule has 0 fully saturated rings. The summed E-state index contributed by atoms with van der Waals surface area (Å²) in [6.45, 7) is 2.08. The Kier molecular flexibility index (Phi) is 2.55. The molecular formula is C11H11ClN2. The number of aryl methyl sites for hydroxylation is 1. The first-order chi connectivity index (χ1) is 6.83. The second-order valence-electron chi connectivity index (χ2n) is 3.13. The smallest absolute Gasteiger partial charge is 0.128 e. The van der Waals surface area contributed by atoms with Gasteiger partial charge in [-0.2, -0.15) is 0 Å². The number of benzene rings is 1. The summed E-state index contributed by atoms with van der Waals surface area (Å²) < 4.78 is 2.02. The summed E-state index contributed by atoms with van der Waals surface area (Å²) in [5.74, 6) is 1.31. The molecule has 1 aromatic heterocycles. The Morgan fingerprint density at radius 1 is 1.36 bits per heavy atom. The van der Waals surface area contributed by atoms with Gasteiger partial charge in [-0.25, -0.2) is 4.98 Å². The van der Waals surface area contributed by atoms with Crippen molar-refractivity contribution >= 4 is 11.6 Å². The zero-order valence-electron chi connectivity index (χ0n) is 7.94. The van der Waals surface area contributed by atoms with Crippen LogP contribution in [0.25, 0.3) is 5.69 Å². The largest absolute Gasteiger partial charge is 0.302 e. The molecule has 0 aliphatic heterocycles. The van der Waals surface area contributed by atoms with Gasteiger partial charge in [-0.05, 0) is 18.6 Å². The van der Waals surface area contributed by atoms with E-state index in [1.54, 1.807) is 6.20 Å². The number of hydrogen-bond donors (Lipinski definition) is 0. The van der Waals surface area contributed by atoms with E-state index in [0.29, 0.717) is 5.88 Å². The van der Waals surface area contributed by atoms with Gasteiger partial charge in [0.1, 0.15) is 5.82 Å². The van der Waals surface area contributed by atoms with Gasteiger partial charge in [0, 0.05) is 18.1 Å². The summed E-state index contributed by atoms with van der Waals surface area (Å²) in [6.07, 6.45) is 3.70. The predicted octanol–water partition coefficient (Wildman–Crippen LogP) is 2.92. The van der Waals surface area contributed by atoms with Crippen molar-refractivity contribution in [3.8, 4) is 5.69 Å². The summed E-state index contributed by atoms with van der Waals surface area (Å²) >= 11 is 5.79. The molecule has 0 N–H and O–H groups in total. The Hall–Kier alpha value is -1.28. The van der Waals surface area contributed by atoms with Crippen LogP contribution in [0.5, 0.6) is 0 Å². The minimum atomic E-state index is 0.432. The Labute approximate surface area is 88.2 Å². The molecule has 0 atom stereocenters. The zero-order valence-corrected chi connectivity index (χ0v) is 8.70. The lowest BCUT2D eigenvalue weighted by molar-refractivity contribution is 0.948. The molecule has 0 radical (unpaired) electrons. The van der Waals surface area contributed by atoms with Gasteiger partial charge in [-0.3, -0.25) is 0 Å². The molecule has 1 heterocycles. The van der Waals surface area contributed by atoms with Gasteiger partial charge in [0.2, 0.25) is 0 Å². The third-order valence-electron chi connectivity index (χ3n) is 2.21. The maximum atomic E-state index is 5.79. The Morgan fingerprint density at radius 2 is 2.14 bits per heavy atom. The summed E-state index contributed by atoms with van der Waals surface area (Å²) in [6, 6.07) is 8.18. The van der Waals surface area contributed by atoms with Gasteiger partial charge < -0.3 is 4.57 Å². The van der Waals surface area contributed by atoms with Crippen LogP contribution in [0, 0.1) is 6.92 Å². The van der Waals surface area contributed by atoms with Crippen LogP contribution >= 0.6 is 11.6 Å². The van der Waals surface area contributed by atoms with Crippen molar-refractivity contribution in [2.24, 2.45) is 0 Å². The van der Waals surface area contributed by atoms with Crippen molar-refractivity contribution < 1.29 is 0 Å². The number of para-hydroxylation sites is 1. The molecule has 2 nitrogen and oxygen atoms in total. The molecular weight excluding hydrogens is 196 g/mol. The molecule has 72 valence electrons. The summed E-state index contributed by atoms with van der Waals surface area (Å²) in [7, 11) is 0. The fourth-order valence-electron chi connectivity index (χ4n) is 1.49. The Balaban J connectivity index is 2.54. The van der Waals surface area contributed by atoms with Crippen molar-refractivity contribution in [3.05, 3.63) is 48.0 Å².